The van der Waals surface area contributed by atoms with Gasteiger partial charge in [-0.15, -0.1) is 12.4 Å². The van der Waals surface area contributed by atoms with Crippen LogP contribution >= 0.6 is 12.4 Å². The minimum atomic E-state index is -0.529. The number of rotatable bonds is 6. The van der Waals surface area contributed by atoms with Gasteiger partial charge in [0.1, 0.15) is 5.75 Å². The van der Waals surface area contributed by atoms with Crippen molar-refractivity contribution in [3.8, 4) is 17.2 Å². The van der Waals surface area contributed by atoms with Crippen LogP contribution in [0.1, 0.15) is 22.9 Å². The second-order valence-electron chi connectivity index (χ2n) is 6.73. The summed E-state index contributed by atoms with van der Waals surface area (Å²) in [6, 6.07) is 11.8. The van der Waals surface area contributed by atoms with Gasteiger partial charge >= 0.3 is 0 Å². The maximum absolute atomic E-state index is 11.0. The average Bonchev–Trinajstić information content (AvgIpc) is 3.09. The fourth-order valence-corrected chi connectivity index (χ4v) is 3.75. The van der Waals surface area contributed by atoms with Crippen LogP contribution in [0.4, 0.5) is 0 Å². The summed E-state index contributed by atoms with van der Waals surface area (Å²) in [5.41, 5.74) is 9.73. The van der Waals surface area contributed by atoms with Gasteiger partial charge in [0.25, 0.3) is 5.91 Å². The molecule has 8 heteroatoms. The van der Waals surface area contributed by atoms with Crippen molar-refractivity contribution in [2.24, 2.45) is 5.73 Å². The Balaban J connectivity index is 0.00000240. The van der Waals surface area contributed by atoms with E-state index in [4.69, 9.17) is 19.9 Å². The molecule has 154 valence electrons. The molecule has 4 N–H and O–H groups in total. The molecule has 0 saturated carbocycles. The number of nitrogens with one attached hydrogen (secondary N) is 2. The van der Waals surface area contributed by atoms with Crippen LogP contribution in [0.3, 0.4) is 0 Å². The van der Waals surface area contributed by atoms with E-state index in [1.54, 1.807) is 20.3 Å². The number of amides is 1. The number of primary amides is 1. The van der Waals surface area contributed by atoms with Gasteiger partial charge in [0, 0.05) is 23.1 Å². The summed E-state index contributed by atoms with van der Waals surface area (Å²) in [6.07, 6.45) is 0.940. The fraction of sp³-hybridized carbons (Fsp3) is 0.286. The van der Waals surface area contributed by atoms with Gasteiger partial charge < -0.3 is 30.2 Å². The maximum atomic E-state index is 11.0. The fourth-order valence-electron chi connectivity index (χ4n) is 3.75. The van der Waals surface area contributed by atoms with E-state index in [-0.39, 0.29) is 25.1 Å². The quantitative estimate of drug-likeness (QED) is 0.572. The smallest absolute Gasteiger partial charge is 0.255 e. The van der Waals surface area contributed by atoms with Crippen LogP contribution in [-0.4, -0.2) is 38.3 Å². The molecule has 7 nitrogen and oxygen atoms in total. The van der Waals surface area contributed by atoms with Crippen molar-refractivity contribution in [3.05, 3.63) is 53.2 Å². The Bertz CT molecular complexity index is 1030. The molecule has 1 amide bonds. The number of carbonyl (C=O) groups excluding carboxylic acids is 1. The molecule has 0 saturated heterocycles. The van der Waals surface area contributed by atoms with Crippen molar-refractivity contribution in [3.63, 3.8) is 0 Å². The molecule has 1 aliphatic rings. The number of ether oxygens (including phenoxy) is 3. The van der Waals surface area contributed by atoms with Crippen LogP contribution in [0, 0.1) is 0 Å². The van der Waals surface area contributed by atoms with E-state index in [2.05, 4.69) is 16.4 Å². The molecule has 3 aromatic rings. The summed E-state index contributed by atoms with van der Waals surface area (Å²) in [4.78, 5) is 14.5. The van der Waals surface area contributed by atoms with Crippen molar-refractivity contribution in [1.82, 2.24) is 10.3 Å². The van der Waals surface area contributed by atoms with Crippen molar-refractivity contribution >= 4 is 29.2 Å². The zero-order valence-electron chi connectivity index (χ0n) is 16.3. The molecule has 1 atom stereocenters. The van der Waals surface area contributed by atoms with Gasteiger partial charge in [-0.3, -0.25) is 4.79 Å². The van der Waals surface area contributed by atoms with Crippen molar-refractivity contribution in [2.45, 2.75) is 12.5 Å². The molecule has 0 fully saturated rings. The molecule has 2 heterocycles. The van der Waals surface area contributed by atoms with E-state index in [0.717, 1.165) is 35.5 Å². The highest BCUT2D eigenvalue weighted by molar-refractivity contribution is 5.87. The molecule has 29 heavy (non-hydrogen) atoms. The molecule has 0 radical (unpaired) electrons. The van der Waals surface area contributed by atoms with Gasteiger partial charge in [0.05, 0.1) is 20.3 Å². The normalized spacial score (nSPS) is 15.3. The minimum absolute atomic E-state index is 0. The highest BCUT2D eigenvalue weighted by atomic mass is 35.5. The van der Waals surface area contributed by atoms with E-state index >= 15 is 0 Å². The van der Waals surface area contributed by atoms with Crippen molar-refractivity contribution in [1.29, 1.82) is 0 Å². The lowest BCUT2D eigenvalue weighted by molar-refractivity contribution is -0.119. The Labute approximate surface area is 174 Å². The number of hydrogen-bond donors (Lipinski definition) is 3. The number of fused-ring (bicyclic) bond motifs is 3. The summed E-state index contributed by atoms with van der Waals surface area (Å²) >= 11 is 0. The van der Waals surface area contributed by atoms with Gasteiger partial charge in [-0.1, -0.05) is 6.07 Å². The van der Waals surface area contributed by atoms with Crippen LogP contribution in [0.2, 0.25) is 0 Å². The SMILES string of the molecule is COc1ccc2[nH]c3c(c2c1)CCNC3c1ccc(OCC(N)=O)c(OC)c1.Cl. The van der Waals surface area contributed by atoms with Crippen LogP contribution in [0.15, 0.2) is 36.4 Å². The Morgan fingerprint density at radius 1 is 1.14 bits per heavy atom. The van der Waals surface area contributed by atoms with Gasteiger partial charge in [0.15, 0.2) is 18.1 Å². The molecular formula is C21H24ClN3O4. The predicted octanol–water partition coefficient (Wildman–Crippen LogP) is 2.71. The number of halogens is 1. The summed E-state index contributed by atoms with van der Waals surface area (Å²) < 4.78 is 16.3. The Hall–Kier alpha value is -2.90. The molecule has 2 aromatic carbocycles. The second kappa shape index (κ2) is 8.63. The largest absolute Gasteiger partial charge is 0.497 e. The highest BCUT2D eigenvalue weighted by Gasteiger charge is 2.26. The van der Waals surface area contributed by atoms with Crippen molar-refractivity contribution in [2.75, 3.05) is 27.4 Å². The molecule has 0 bridgehead atoms. The van der Waals surface area contributed by atoms with Crippen LogP contribution in [-0.2, 0) is 11.2 Å². The molecule has 4 rings (SSSR count). The third-order valence-corrected chi connectivity index (χ3v) is 5.05. The topological polar surface area (TPSA) is 98.6 Å². The average molecular weight is 418 g/mol. The minimum Gasteiger partial charge on any atom is -0.497 e. The van der Waals surface area contributed by atoms with E-state index in [0.29, 0.717) is 11.5 Å². The van der Waals surface area contributed by atoms with E-state index in [1.165, 1.54) is 10.9 Å². The van der Waals surface area contributed by atoms with Gasteiger partial charge in [-0.25, -0.2) is 0 Å². The van der Waals surface area contributed by atoms with Gasteiger partial charge in [-0.05, 0) is 47.9 Å². The maximum Gasteiger partial charge on any atom is 0.255 e. The number of carbonyl (C=O) groups is 1. The first kappa shape index (κ1) is 20.8. The first-order chi connectivity index (χ1) is 13.6. The summed E-state index contributed by atoms with van der Waals surface area (Å²) in [6.45, 7) is 0.676. The molecule has 0 aliphatic carbocycles. The third-order valence-electron chi connectivity index (χ3n) is 5.05. The molecular weight excluding hydrogens is 394 g/mol. The van der Waals surface area contributed by atoms with Crippen LogP contribution in [0.25, 0.3) is 10.9 Å². The molecule has 0 spiro atoms. The standard InChI is InChI=1S/C21H23N3O4.ClH/c1-26-13-4-5-16-15(10-13)14-7-8-23-20(21(14)24-16)12-3-6-17(18(9-12)27-2)28-11-19(22)25;/h3-6,9-10,20,23-24H,7-8,11H2,1-2H3,(H2,22,25);1H. The number of hydrogen-bond acceptors (Lipinski definition) is 5. The molecule has 1 unspecified atom stereocenters. The lowest BCUT2D eigenvalue weighted by Crippen LogP contribution is -2.30. The van der Waals surface area contributed by atoms with Crippen molar-refractivity contribution < 1.29 is 19.0 Å². The van der Waals surface area contributed by atoms with Gasteiger partial charge in [-0.2, -0.15) is 0 Å². The summed E-state index contributed by atoms with van der Waals surface area (Å²) in [7, 11) is 3.25. The molecule has 1 aromatic heterocycles. The first-order valence-corrected chi connectivity index (χ1v) is 9.11. The number of H-pyrrole nitrogens is 1. The van der Waals surface area contributed by atoms with E-state index in [9.17, 15) is 4.79 Å². The number of methoxy groups -OCH3 is 2. The first-order valence-electron chi connectivity index (χ1n) is 9.11. The summed E-state index contributed by atoms with van der Waals surface area (Å²) in [5.74, 6) is 1.37. The monoisotopic (exact) mass is 417 g/mol. The van der Waals surface area contributed by atoms with Crippen LogP contribution in [0.5, 0.6) is 17.2 Å². The zero-order chi connectivity index (χ0) is 19.7. The highest BCUT2D eigenvalue weighted by Crippen LogP contribution is 2.37. The van der Waals surface area contributed by atoms with E-state index < -0.39 is 5.91 Å². The summed E-state index contributed by atoms with van der Waals surface area (Å²) in [5, 5.41) is 4.76. The lowest BCUT2D eigenvalue weighted by atomic mass is 9.94. The Kier molecular flexibility index (Phi) is 6.20. The number of aromatic amines is 1. The lowest BCUT2D eigenvalue weighted by Gasteiger charge is -2.25. The zero-order valence-corrected chi connectivity index (χ0v) is 17.1. The van der Waals surface area contributed by atoms with Gasteiger partial charge in [0.2, 0.25) is 0 Å². The predicted molar refractivity (Wildman–Crippen MR) is 113 cm³/mol. The van der Waals surface area contributed by atoms with E-state index in [1.807, 2.05) is 24.3 Å². The molecule has 1 aliphatic heterocycles. The second-order valence-corrected chi connectivity index (χ2v) is 6.73. The number of aromatic nitrogens is 1. The number of benzene rings is 2. The third kappa shape index (κ3) is 3.97. The van der Waals surface area contributed by atoms with Crippen LogP contribution < -0.4 is 25.3 Å². The number of nitrogens with two attached hydrogens (primary N) is 1. The Morgan fingerprint density at radius 3 is 2.69 bits per heavy atom. The Morgan fingerprint density at radius 2 is 1.97 bits per heavy atom.